The second kappa shape index (κ2) is 9.57. The third-order valence-electron chi connectivity index (χ3n) is 8.00. The summed E-state index contributed by atoms with van der Waals surface area (Å²) in [6, 6.07) is 27.4. The number of carboxylic acids is 1. The Balaban J connectivity index is 1.28. The highest BCUT2D eigenvalue weighted by molar-refractivity contribution is 6.07. The van der Waals surface area contributed by atoms with Gasteiger partial charge in [0.05, 0.1) is 17.4 Å². The second-order valence-electron chi connectivity index (χ2n) is 10.3. The van der Waals surface area contributed by atoms with Gasteiger partial charge in [-0.1, -0.05) is 72.3 Å². The Kier molecular flexibility index (Phi) is 6.04. The van der Waals surface area contributed by atoms with Crippen LogP contribution in [0, 0.1) is 5.41 Å². The number of carbonyl (C=O) groups is 2. The van der Waals surface area contributed by atoms with E-state index in [1.165, 1.54) is 28.8 Å². The van der Waals surface area contributed by atoms with Gasteiger partial charge in [-0.3, -0.25) is 4.79 Å². The number of aromatic hydroxyl groups is 1. The van der Waals surface area contributed by atoms with Crippen molar-refractivity contribution < 1.29 is 24.9 Å². The molecule has 39 heavy (non-hydrogen) atoms. The van der Waals surface area contributed by atoms with Gasteiger partial charge < -0.3 is 20.6 Å². The summed E-state index contributed by atoms with van der Waals surface area (Å²) in [5.41, 5.74) is 6.56. The molecule has 0 bridgehead atoms. The van der Waals surface area contributed by atoms with Gasteiger partial charge in [0, 0.05) is 11.0 Å². The molecule has 4 N–H and O–H groups in total. The van der Waals surface area contributed by atoms with Crippen LogP contribution < -0.4 is 5.32 Å². The van der Waals surface area contributed by atoms with Crippen molar-refractivity contribution >= 4 is 23.6 Å². The molecule has 2 aliphatic carbocycles. The SMILES string of the molecule is O=C(Nc1ccc(O)cc1C(=O)O)c1ccc(C[C@@]2(C3=Cc4ccccc4C3)Cc3ccccc3[C@H]2O)cc1. The van der Waals surface area contributed by atoms with Crippen LogP contribution in [0.3, 0.4) is 0 Å². The first-order chi connectivity index (χ1) is 18.8. The number of hydrogen-bond acceptors (Lipinski definition) is 4. The summed E-state index contributed by atoms with van der Waals surface area (Å²) in [4.78, 5) is 24.4. The van der Waals surface area contributed by atoms with E-state index in [0.29, 0.717) is 12.0 Å². The molecule has 6 rings (SSSR count). The number of phenols is 1. The Hall–Kier alpha value is -4.68. The molecule has 4 aromatic rings. The maximum atomic E-state index is 12.9. The maximum Gasteiger partial charge on any atom is 0.337 e. The molecule has 0 unspecified atom stereocenters. The zero-order valence-corrected chi connectivity index (χ0v) is 21.1. The van der Waals surface area contributed by atoms with Gasteiger partial charge in [-0.25, -0.2) is 4.79 Å². The maximum absolute atomic E-state index is 12.9. The summed E-state index contributed by atoms with van der Waals surface area (Å²) in [6.45, 7) is 0. The number of phenolic OH excluding ortho intramolecular Hbond substituents is 1. The molecule has 0 aromatic heterocycles. The quantitative estimate of drug-likeness (QED) is 0.242. The molecule has 6 heteroatoms. The van der Waals surface area contributed by atoms with Gasteiger partial charge in [0.15, 0.2) is 0 Å². The number of carboxylic acid groups (broad SMARTS) is 1. The summed E-state index contributed by atoms with van der Waals surface area (Å²) in [7, 11) is 0. The normalized spacial score (nSPS) is 19.2. The average Bonchev–Trinajstić information content (AvgIpc) is 3.50. The molecule has 0 fully saturated rings. The fraction of sp³-hybridized carbons (Fsp3) is 0.152. The van der Waals surface area contributed by atoms with Crippen molar-refractivity contribution in [1.82, 2.24) is 0 Å². The van der Waals surface area contributed by atoms with Crippen molar-refractivity contribution in [2.75, 3.05) is 5.32 Å². The number of anilines is 1. The summed E-state index contributed by atoms with van der Waals surface area (Å²) < 4.78 is 0. The van der Waals surface area contributed by atoms with E-state index in [1.807, 2.05) is 42.5 Å². The van der Waals surface area contributed by atoms with E-state index in [1.54, 1.807) is 12.1 Å². The topological polar surface area (TPSA) is 107 Å². The molecule has 194 valence electrons. The van der Waals surface area contributed by atoms with E-state index in [-0.39, 0.29) is 17.0 Å². The van der Waals surface area contributed by atoms with Crippen LogP contribution in [0.4, 0.5) is 5.69 Å². The highest BCUT2D eigenvalue weighted by atomic mass is 16.4. The predicted octanol–water partition coefficient (Wildman–Crippen LogP) is 5.80. The van der Waals surface area contributed by atoms with Gasteiger partial charge in [-0.15, -0.1) is 0 Å². The molecule has 0 saturated carbocycles. The van der Waals surface area contributed by atoms with Crippen molar-refractivity contribution in [2.45, 2.75) is 25.4 Å². The van der Waals surface area contributed by atoms with Crippen LogP contribution in [0.5, 0.6) is 5.75 Å². The Morgan fingerprint density at radius 3 is 2.33 bits per heavy atom. The van der Waals surface area contributed by atoms with E-state index in [9.17, 15) is 24.9 Å². The lowest BCUT2D eigenvalue weighted by molar-refractivity contribution is 0.0650. The van der Waals surface area contributed by atoms with Gasteiger partial charge >= 0.3 is 5.97 Å². The van der Waals surface area contributed by atoms with E-state index in [4.69, 9.17) is 0 Å². The Morgan fingerprint density at radius 1 is 0.897 bits per heavy atom. The van der Waals surface area contributed by atoms with Crippen LogP contribution in [0.15, 0.2) is 96.6 Å². The van der Waals surface area contributed by atoms with Crippen LogP contribution in [0.25, 0.3) is 6.08 Å². The van der Waals surface area contributed by atoms with Gasteiger partial charge in [0.25, 0.3) is 5.91 Å². The van der Waals surface area contributed by atoms with Crippen LogP contribution in [0.2, 0.25) is 0 Å². The molecular formula is C33H27NO5. The second-order valence-corrected chi connectivity index (χ2v) is 10.3. The first kappa shape index (κ1) is 24.6. The van der Waals surface area contributed by atoms with Gasteiger partial charge in [0.2, 0.25) is 0 Å². The molecule has 0 aliphatic heterocycles. The van der Waals surface area contributed by atoms with Crippen molar-refractivity contribution in [3.05, 3.63) is 136 Å². The number of aliphatic hydroxyl groups is 1. The molecule has 4 aromatic carbocycles. The molecule has 2 atom stereocenters. The Labute approximate surface area is 225 Å². The fourth-order valence-electron chi connectivity index (χ4n) is 6.01. The van der Waals surface area contributed by atoms with Crippen molar-refractivity contribution in [3.8, 4) is 5.75 Å². The predicted molar refractivity (Wildman–Crippen MR) is 149 cm³/mol. The van der Waals surface area contributed by atoms with Gasteiger partial charge in [-0.2, -0.15) is 0 Å². The van der Waals surface area contributed by atoms with Gasteiger partial charge in [-0.05, 0) is 77.4 Å². The molecule has 1 amide bonds. The largest absolute Gasteiger partial charge is 0.508 e. The molecular weight excluding hydrogens is 490 g/mol. The Bertz CT molecular complexity index is 1640. The number of hydrogen-bond donors (Lipinski definition) is 4. The summed E-state index contributed by atoms with van der Waals surface area (Å²) >= 11 is 0. The zero-order valence-electron chi connectivity index (χ0n) is 21.1. The van der Waals surface area contributed by atoms with Crippen LogP contribution in [-0.2, 0) is 19.3 Å². The summed E-state index contributed by atoms with van der Waals surface area (Å²) in [6.07, 6.45) is 3.70. The van der Waals surface area contributed by atoms with Crippen molar-refractivity contribution in [1.29, 1.82) is 0 Å². The lowest BCUT2D eigenvalue weighted by Gasteiger charge is -2.35. The van der Waals surface area contributed by atoms with E-state index >= 15 is 0 Å². The first-order valence-electron chi connectivity index (χ1n) is 12.9. The van der Waals surface area contributed by atoms with Crippen LogP contribution >= 0.6 is 0 Å². The number of aliphatic hydroxyl groups excluding tert-OH is 1. The third kappa shape index (κ3) is 4.39. The molecule has 0 saturated heterocycles. The highest BCUT2D eigenvalue weighted by Crippen LogP contribution is 2.55. The summed E-state index contributed by atoms with van der Waals surface area (Å²) in [5, 5.41) is 33.4. The molecule has 0 radical (unpaired) electrons. The number of amides is 1. The number of benzene rings is 4. The van der Waals surface area contributed by atoms with Gasteiger partial charge in [0.1, 0.15) is 5.75 Å². The Morgan fingerprint density at radius 2 is 1.62 bits per heavy atom. The molecule has 2 aliphatic rings. The third-order valence-corrected chi connectivity index (χ3v) is 8.00. The van der Waals surface area contributed by atoms with Crippen LogP contribution in [0.1, 0.15) is 54.6 Å². The first-order valence-corrected chi connectivity index (χ1v) is 12.9. The number of rotatable bonds is 6. The number of nitrogens with one attached hydrogen (secondary N) is 1. The standard InChI is InChI=1S/C33H27NO5/c35-26-13-14-29(28(17-26)32(38)39)34-31(37)21-11-9-20(10-12-21)18-33(19-24-7-3-4-8-27(24)30(33)36)25-15-22-5-1-2-6-23(22)16-25/h1-15,17,30,35-36H,16,18-19H2,(H,34,37)(H,38,39)/t30-,33+/m1/s1. The number of aromatic carboxylic acids is 1. The summed E-state index contributed by atoms with van der Waals surface area (Å²) in [5.74, 6) is -1.89. The minimum Gasteiger partial charge on any atom is -0.508 e. The van der Waals surface area contributed by atoms with Crippen LogP contribution in [-0.4, -0.2) is 27.2 Å². The molecule has 0 heterocycles. The van der Waals surface area contributed by atoms with E-state index in [2.05, 4.69) is 29.6 Å². The smallest absolute Gasteiger partial charge is 0.337 e. The van der Waals surface area contributed by atoms with E-state index in [0.717, 1.165) is 35.6 Å². The number of fused-ring (bicyclic) bond motifs is 2. The average molecular weight is 518 g/mol. The zero-order chi connectivity index (χ0) is 27.1. The van der Waals surface area contributed by atoms with Crippen molar-refractivity contribution in [3.63, 3.8) is 0 Å². The fourth-order valence-corrected chi connectivity index (χ4v) is 6.01. The minimum atomic E-state index is -1.25. The minimum absolute atomic E-state index is 0.105. The van der Waals surface area contributed by atoms with Crippen molar-refractivity contribution in [2.24, 2.45) is 5.41 Å². The molecule has 6 nitrogen and oxygen atoms in total. The highest BCUT2D eigenvalue weighted by Gasteiger charge is 2.48. The monoisotopic (exact) mass is 517 g/mol. The lowest BCUT2D eigenvalue weighted by atomic mass is 9.70. The molecule has 0 spiro atoms. The number of carbonyl (C=O) groups excluding carboxylic acids is 1. The lowest BCUT2D eigenvalue weighted by Crippen LogP contribution is -2.31. The van der Waals surface area contributed by atoms with E-state index < -0.39 is 23.4 Å².